The van der Waals surface area contributed by atoms with Crippen LogP contribution >= 0.6 is 11.3 Å². The van der Waals surface area contributed by atoms with Gasteiger partial charge in [0.05, 0.1) is 22.2 Å². The van der Waals surface area contributed by atoms with E-state index in [1.807, 2.05) is 35.9 Å². The molecule has 190 valence electrons. The number of rotatable bonds is 2. The number of nitrogens with zero attached hydrogens (tertiary/aromatic N) is 3. The minimum atomic E-state index is 0.904. The molecule has 4 aromatic heterocycles. The van der Waals surface area contributed by atoms with Crippen LogP contribution in [0.5, 0.6) is 0 Å². The van der Waals surface area contributed by atoms with Gasteiger partial charge in [-0.3, -0.25) is 9.97 Å². The van der Waals surface area contributed by atoms with Crippen molar-refractivity contribution in [3.05, 3.63) is 128 Å². The Balaban J connectivity index is 1.34. The SMILES string of the molecule is c1ccc2c(c1)nc(-c1ccc(-c3cccc4sc5ccccc5c34)cc1)c1c3cccnc3c3ncccc3c21. The third-order valence-electron chi connectivity index (χ3n) is 8.14. The standard InChI is InChI=1S/C37H21N3S/c1-3-13-29-25(8-1)33-27-11-6-20-38-36(27)37-28(12-7-21-39-37)34(33)35(40-29)23-18-16-22(17-19-23)24-10-5-15-31-32(24)26-9-2-4-14-30(26)41-31/h1-21H. The first kappa shape index (κ1) is 22.6. The molecule has 9 rings (SSSR count). The van der Waals surface area contributed by atoms with E-state index < -0.39 is 0 Å². The van der Waals surface area contributed by atoms with Gasteiger partial charge in [-0.1, -0.05) is 84.9 Å². The van der Waals surface area contributed by atoms with Crippen molar-refractivity contribution in [3.8, 4) is 22.4 Å². The molecule has 4 heterocycles. The first-order chi connectivity index (χ1) is 20.3. The summed E-state index contributed by atoms with van der Waals surface area (Å²) in [7, 11) is 0. The van der Waals surface area contributed by atoms with Crippen molar-refractivity contribution in [3.63, 3.8) is 0 Å². The Morgan fingerprint density at radius 1 is 0.439 bits per heavy atom. The number of thiophene rings is 1. The molecule has 41 heavy (non-hydrogen) atoms. The minimum absolute atomic E-state index is 0.904. The Kier molecular flexibility index (Phi) is 4.77. The van der Waals surface area contributed by atoms with E-state index in [0.717, 1.165) is 49.4 Å². The summed E-state index contributed by atoms with van der Waals surface area (Å²) in [5.74, 6) is 0. The summed E-state index contributed by atoms with van der Waals surface area (Å²) in [6.07, 6.45) is 3.70. The number of hydrogen-bond acceptors (Lipinski definition) is 4. The number of pyridine rings is 3. The fourth-order valence-corrected chi connectivity index (χ4v) is 7.51. The van der Waals surface area contributed by atoms with Gasteiger partial charge in [0.25, 0.3) is 0 Å². The van der Waals surface area contributed by atoms with Crippen LogP contribution in [0.1, 0.15) is 0 Å². The van der Waals surface area contributed by atoms with Crippen molar-refractivity contribution in [1.82, 2.24) is 15.0 Å². The van der Waals surface area contributed by atoms with Crippen LogP contribution in [0.4, 0.5) is 0 Å². The second-order valence-corrected chi connectivity index (χ2v) is 11.5. The lowest BCUT2D eigenvalue weighted by atomic mass is 9.92. The fraction of sp³-hybridized carbons (Fsp3) is 0. The molecule has 0 atom stereocenters. The van der Waals surface area contributed by atoms with E-state index in [0.29, 0.717) is 0 Å². The third kappa shape index (κ3) is 3.28. The van der Waals surface area contributed by atoms with E-state index in [2.05, 4.69) is 103 Å². The van der Waals surface area contributed by atoms with Crippen LogP contribution in [0.2, 0.25) is 0 Å². The molecule has 5 aromatic carbocycles. The monoisotopic (exact) mass is 539 g/mol. The molecule has 9 aromatic rings. The maximum atomic E-state index is 5.27. The van der Waals surface area contributed by atoms with Crippen LogP contribution in [0.3, 0.4) is 0 Å². The number of benzene rings is 5. The molecule has 0 unspecified atom stereocenters. The maximum absolute atomic E-state index is 5.27. The van der Waals surface area contributed by atoms with Gasteiger partial charge in [0.2, 0.25) is 0 Å². The van der Waals surface area contributed by atoms with E-state index in [1.165, 1.54) is 36.7 Å². The summed E-state index contributed by atoms with van der Waals surface area (Å²) in [5, 5.41) is 8.23. The Hall–Kier alpha value is -5.19. The molecule has 4 heteroatoms. The van der Waals surface area contributed by atoms with Gasteiger partial charge < -0.3 is 0 Å². The molecule has 0 N–H and O–H groups in total. The highest BCUT2D eigenvalue weighted by Gasteiger charge is 2.19. The van der Waals surface area contributed by atoms with Crippen LogP contribution in [0.25, 0.3) is 86.0 Å². The number of hydrogen-bond donors (Lipinski definition) is 0. The molecule has 0 aliphatic carbocycles. The van der Waals surface area contributed by atoms with Crippen LogP contribution < -0.4 is 0 Å². The topological polar surface area (TPSA) is 38.7 Å². The molecule has 0 radical (unpaired) electrons. The van der Waals surface area contributed by atoms with Gasteiger partial charge in [0, 0.05) is 65.1 Å². The molecular formula is C37H21N3S. The van der Waals surface area contributed by atoms with Gasteiger partial charge in [0.15, 0.2) is 0 Å². The van der Waals surface area contributed by atoms with Crippen molar-refractivity contribution < 1.29 is 0 Å². The molecular weight excluding hydrogens is 518 g/mol. The average Bonchev–Trinajstić information content (AvgIpc) is 3.43. The highest BCUT2D eigenvalue weighted by atomic mass is 32.1. The molecule has 0 spiro atoms. The van der Waals surface area contributed by atoms with Crippen molar-refractivity contribution in [2.24, 2.45) is 0 Å². The molecule has 0 bridgehead atoms. The zero-order valence-electron chi connectivity index (χ0n) is 21.9. The molecule has 0 aliphatic heterocycles. The van der Waals surface area contributed by atoms with Crippen LogP contribution in [0, 0.1) is 0 Å². The zero-order chi connectivity index (χ0) is 26.9. The lowest BCUT2D eigenvalue weighted by Gasteiger charge is -2.15. The third-order valence-corrected chi connectivity index (χ3v) is 9.28. The molecule has 0 fully saturated rings. The Labute approximate surface area is 239 Å². The van der Waals surface area contributed by atoms with Gasteiger partial charge in [-0.2, -0.15) is 0 Å². The highest BCUT2D eigenvalue weighted by Crippen LogP contribution is 2.43. The second kappa shape index (κ2) is 8.65. The van der Waals surface area contributed by atoms with Gasteiger partial charge in [-0.15, -0.1) is 11.3 Å². The summed E-state index contributed by atoms with van der Waals surface area (Å²) in [4.78, 5) is 14.8. The quantitative estimate of drug-likeness (QED) is 0.205. The Bertz CT molecular complexity index is 2480. The molecule has 0 saturated heterocycles. The summed E-state index contributed by atoms with van der Waals surface area (Å²) >= 11 is 1.85. The Morgan fingerprint density at radius 2 is 1.07 bits per heavy atom. The first-order valence-corrected chi connectivity index (χ1v) is 14.5. The van der Waals surface area contributed by atoms with E-state index in [-0.39, 0.29) is 0 Å². The van der Waals surface area contributed by atoms with E-state index in [4.69, 9.17) is 15.0 Å². The smallest absolute Gasteiger partial charge is 0.0971 e. The van der Waals surface area contributed by atoms with Crippen molar-refractivity contribution >= 4 is 75.0 Å². The summed E-state index contributed by atoms with van der Waals surface area (Å²) in [6.45, 7) is 0. The largest absolute Gasteiger partial charge is 0.254 e. The minimum Gasteiger partial charge on any atom is -0.254 e. The van der Waals surface area contributed by atoms with Crippen LogP contribution in [-0.2, 0) is 0 Å². The summed E-state index contributed by atoms with van der Waals surface area (Å²) < 4.78 is 2.63. The summed E-state index contributed by atoms with van der Waals surface area (Å²) in [5.41, 5.74) is 7.31. The molecule has 0 aliphatic rings. The highest BCUT2D eigenvalue weighted by molar-refractivity contribution is 7.25. The molecule has 0 amide bonds. The number of aromatic nitrogens is 3. The predicted molar refractivity (Wildman–Crippen MR) is 174 cm³/mol. The lowest BCUT2D eigenvalue weighted by Crippen LogP contribution is -1.94. The fourth-order valence-electron chi connectivity index (χ4n) is 6.38. The number of fused-ring (bicyclic) bond motifs is 11. The van der Waals surface area contributed by atoms with E-state index in [9.17, 15) is 0 Å². The first-order valence-electron chi connectivity index (χ1n) is 13.7. The van der Waals surface area contributed by atoms with Crippen LogP contribution in [-0.4, -0.2) is 15.0 Å². The van der Waals surface area contributed by atoms with Gasteiger partial charge in [0.1, 0.15) is 0 Å². The van der Waals surface area contributed by atoms with Crippen molar-refractivity contribution in [1.29, 1.82) is 0 Å². The van der Waals surface area contributed by atoms with Crippen molar-refractivity contribution in [2.75, 3.05) is 0 Å². The lowest BCUT2D eigenvalue weighted by molar-refractivity contribution is 1.38. The van der Waals surface area contributed by atoms with Gasteiger partial charge in [-0.05, 0) is 41.5 Å². The molecule has 0 saturated carbocycles. The van der Waals surface area contributed by atoms with E-state index >= 15 is 0 Å². The van der Waals surface area contributed by atoms with Crippen molar-refractivity contribution in [2.45, 2.75) is 0 Å². The second-order valence-electron chi connectivity index (χ2n) is 10.4. The Morgan fingerprint density at radius 3 is 1.88 bits per heavy atom. The zero-order valence-corrected chi connectivity index (χ0v) is 22.7. The van der Waals surface area contributed by atoms with Gasteiger partial charge in [-0.25, -0.2) is 4.98 Å². The predicted octanol–water partition coefficient (Wildman–Crippen LogP) is 10.2. The normalized spacial score (nSPS) is 11.9. The average molecular weight is 540 g/mol. The summed E-state index contributed by atoms with van der Waals surface area (Å²) in [6, 6.07) is 40.9. The maximum Gasteiger partial charge on any atom is 0.0971 e. The van der Waals surface area contributed by atoms with E-state index in [1.54, 1.807) is 0 Å². The van der Waals surface area contributed by atoms with Crippen LogP contribution in [0.15, 0.2) is 128 Å². The van der Waals surface area contributed by atoms with Gasteiger partial charge >= 0.3 is 0 Å². The molecule has 3 nitrogen and oxygen atoms in total. The number of para-hydroxylation sites is 1.